The molecule has 3 aromatic rings. The largest absolute Gasteiger partial charge is 0.333 e. The van der Waals surface area contributed by atoms with Crippen molar-refractivity contribution in [2.45, 2.75) is 32.5 Å². The molecule has 0 fully saturated rings. The maximum atomic E-state index is 13.3. The van der Waals surface area contributed by atoms with Gasteiger partial charge in [-0.3, -0.25) is 14.2 Å². The lowest BCUT2D eigenvalue weighted by molar-refractivity contribution is 0.0694. The third-order valence-electron chi connectivity index (χ3n) is 4.64. The highest BCUT2D eigenvalue weighted by Crippen LogP contribution is 2.31. The standard InChI is InChI=1S/C17H21N7O/c1-3-24-14(5-6-19-24)17(25)23-9-4-8-22-10-7-18-16(22)15(23)13-11-20-21(2)12-13/h5-7,10-12,15H,3-4,8-9H2,1-2H3. The predicted octanol–water partition coefficient (Wildman–Crippen LogP) is 1.47. The number of aromatic nitrogens is 6. The third kappa shape index (κ3) is 2.63. The van der Waals surface area contributed by atoms with E-state index >= 15 is 0 Å². The molecule has 1 atom stereocenters. The number of amides is 1. The highest BCUT2D eigenvalue weighted by atomic mass is 16.2. The quantitative estimate of drug-likeness (QED) is 0.724. The van der Waals surface area contributed by atoms with Gasteiger partial charge in [-0.05, 0) is 19.4 Å². The van der Waals surface area contributed by atoms with E-state index in [2.05, 4.69) is 19.7 Å². The van der Waals surface area contributed by atoms with Crippen LogP contribution in [0.3, 0.4) is 0 Å². The van der Waals surface area contributed by atoms with Gasteiger partial charge in [0.15, 0.2) is 0 Å². The Bertz CT molecular complexity index is 890. The van der Waals surface area contributed by atoms with Crippen LogP contribution in [0.5, 0.6) is 0 Å². The van der Waals surface area contributed by atoms with E-state index in [0.717, 1.165) is 24.4 Å². The number of hydrogen-bond acceptors (Lipinski definition) is 4. The molecule has 0 spiro atoms. The Balaban J connectivity index is 1.80. The number of carbonyl (C=O) groups is 1. The van der Waals surface area contributed by atoms with E-state index in [1.165, 1.54) is 0 Å². The van der Waals surface area contributed by atoms with Gasteiger partial charge in [0.1, 0.15) is 17.6 Å². The Morgan fingerprint density at radius 2 is 2.16 bits per heavy atom. The number of aryl methyl sites for hydroxylation is 3. The molecule has 0 aromatic carbocycles. The van der Waals surface area contributed by atoms with E-state index in [-0.39, 0.29) is 11.9 Å². The maximum absolute atomic E-state index is 13.3. The molecule has 0 aliphatic carbocycles. The summed E-state index contributed by atoms with van der Waals surface area (Å²) in [5.74, 6) is 0.853. The van der Waals surface area contributed by atoms with E-state index in [1.54, 1.807) is 27.8 Å². The van der Waals surface area contributed by atoms with Gasteiger partial charge < -0.3 is 9.47 Å². The lowest BCUT2D eigenvalue weighted by Gasteiger charge is -2.29. The minimum absolute atomic E-state index is 0.0235. The van der Waals surface area contributed by atoms with Crippen molar-refractivity contribution in [2.24, 2.45) is 7.05 Å². The van der Waals surface area contributed by atoms with Crippen LogP contribution in [-0.2, 0) is 20.1 Å². The zero-order chi connectivity index (χ0) is 17.4. The lowest BCUT2D eigenvalue weighted by atomic mass is 10.1. The summed E-state index contributed by atoms with van der Waals surface area (Å²) in [6.07, 6.45) is 10.1. The molecule has 1 unspecified atom stereocenters. The monoisotopic (exact) mass is 339 g/mol. The van der Waals surface area contributed by atoms with E-state index in [0.29, 0.717) is 18.8 Å². The first-order valence-electron chi connectivity index (χ1n) is 8.51. The first kappa shape index (κ1) is 15.6. The van der Waals surface area contributed by atoms with Crippen molar-refractivity contribution in [3.63, 3.8) is 0 Å². The van der Waals surface area contributed by atoms with Crippen LogP contribution >= 0.6 is 0 Å². The van der Waals surface area contributed by atoms with E-state index in [4.69, 9.17) is 0 Å². The van der Waals surface area contributed by atoms with Gasteiger partial charge in [0.05, 0.1) is 6.20 Å². The molecule has 3 aromatic heterocycles. The predicted molar refractivity (Wildman–Crippen MR) is 90.8 cm³/mol. The number of fused-ring (bicyclic) bond motifs is 1. The normalized spacial score (nSPS) is 17.4. The second-order valence-corrected chi connectivity index (χ2v) is 6.21. The molecule has 8 nitrogen and oxygen atoms in total. The molecule has 25 heavy (non-hydrogen) atoms. The number of carbonyl (C=O) groups excluding carboxylic acids is 1. The molecule has 0 bridgehead atoms. The van der Waals surface area contributed by atoms with Gasteiger partial charge in [0.25, 0.3) is 5.91 Å². The first-order chi connectivity index (χ1) is 12.2. The smallest absolute Gasteiger partial charge is 0.273 e. The second-order valence-electron chi connectivity index (χ2n) is 6.21. The molecule has 0 radical (unpaired) electrons. The molecule has 4 heterocycles. The molecule has 4 rings (SSSR count). The van der Waals surface area contributed by atoms with Crippen LogP contribution < -0.4 is 0 Å². The van der Waals surface area contributed by atoms with Gasteiger partial charge in [0, 0.05) is 57.0 Å². The van der Waals surface area contributed by atoms with Gasteiger partial charge in [-0.15, -0.1) is 0 Å². The minimum Gasteiger partial charge on any atom is -0.333 e. The van der Waals surface area contributed by atoms with Crippen LogP contribution in [0.1, 0.15) is 41.3 Å². The highest BCUT2D eigenvalue weighted by Gasteiger charge is 2.34. The third-order valence-corrected chi connectivity index (χ3v) is 4.64. The summed E-state index contributed by atoms with van der Waals surface area (Å²) in [6.45, 7) is 4.16. The van der Waals surface area contributed by atoms with Crippen molar-refractivity contribution in [1.29, 1.82) is 0 Å². The minimum atomic E-state index is -0.251. The topological polar surface area (TPSA) is 73.8 Å². The Hall–Kier alpha value is -2.90. The Labute approximate surface area is 145 Å². The first-order valence-corrected chi connectivity index (χ1v) is 8.51. The van der Waals surface area contributed by atoms with Gasteiger partial charge in [-0.2, -0.15) is 10.2 Å². The van der Waals surface area contributed by atoms with Crippen molar-refractivity contribution in [2.75, 3.05) is 6.54 Å². The van der Waals surface area contributed by atoms with Crippen LogP contribution in [0.15, 0.2) is 37.1 Å². The maximum Gasteiger partial charge on any atom is 0.273 e. The summed E-state index contributed by atoms with van der Waals surface area (Å²) in [6, 6.07) is 1.53. The molecule has 1 aliphatic heterocycles. The van der Waals surface area contributed by atoms with Crippen molar-refractivity contribution in [3.05, 3.63) is 54.1 Å². The average Bonchev–Trinajstić information content (AvgIpc) is 3.33. The number of imidazole rings is 1. The van der Waals surface area contributed by atoms with Crippen LogP contribution in [0.25, 0.3) is 0 Å². The van der Waals surface area contributed by atoms with E-state index < -0.39 is 0 Å². The zero-order valence-electron chi connectivity index (χ0n) is 14.4. The van der Waals surface area contributed by atoms with Crippen LogP contribution in [-0.4, -0.2) is 46.5 Å². The van der Waals surface area contributed by atoms with Crippen LogP contribution in [0.4, 0.5) is 0 Å². The van der Waals surface area contributed by atoms with Gasteiger partial charge in [-0.1, -0.05) is 0 Å². The molecule has 1 aliphatic rings. The number of rotatable bonds is 3. The average molecular weight is 339 g/mol. The second kappa shape index (κ2) is 6.19. The fraction of sp³-hybridized carbons (Fsp3) is 0.412. The summed E-state index contributed by atoms with van der Waals surface area (Å²) in [5.41, 5.74) is 1.57. The van der Waals surface area contributed by atoms with Crippen LogP contribution in [0.2, 0.25) is 0 Å². The SMILES string of the molecule is CCn1nccc1C(=O)N1CCCn2ccnc2C1c1cnn(C)c1. The Morgan fingerprint density at radius 3 is 2.92 bits per heavy atom. The fourth-order valence-electron chi connectivity index (χ4n) is 3.48. The summed E-state index contributed by atoms with van der Waals surface area (Å²) in [4.78, 5) is 19.8. The molecular formula is C17H21N7O. The zero-order valence-corrected chi connectivity index (χ0v) is 14.4. The molecular weight excluding hydrogens is 318 g/mol. The number of hydrogen-bond donors (Lipinski definition) is 0. The summed E-state index contributed by atoms with van der Waals surface area (Å²) in [7, 11) is 1.88. The summed E-state index contributed by atoms with van der Waals surface area (Å²) in [5, 5.41) is 8.54. The van der Waals surface area contributed by atoms with E-state index in [9.17, 15) is 4.79 Å². The van der Waals surface area contributed by atoms with Gasteiger partial charge in [0.2, 0.25) is 0 Å². The lowest BCUT2D eigenvalue weighted by Crippen LogP contribution is -2.37. The molecule has 8 heteroatoms. The van der Waals surface area contributed by atoms with Crippen LogP contribution in [0, 0.1) is 0 Å². The Kier molecular flexibility index (Phi) is 3.87. The summed E-state index contributed by atoms with van der Waals surface area (Å²) < 4.78 is 5.62. The highest BCUT2D eigenvalue weighted by molar-refractivity contribution is 5.93. The van der Waals surface area contributed by atoms with Crippen molar-refractivity contribution < 1.29 is 4.79 Å². The van der Waals surface area contributed by atoms with E-state index in [1.807, 2.05) is 37.5 Å². The fourth-order valence-corrected chi connectivity index (χ4v) is 3.48. The van der Waals surface area contributed by atoms with Crippen molar-refractivity contribution >= 4 is 5.91 Å². The number of nitrogens with zero attached hydrogens (tertiary/aromatic N) is 7. The van der Waals surface area contributed by atoms with Gasteiger partial charge in [-0.25, -0.2) is 4.98 Å². The molecule has 1 amide bonds. The Morgan fingerprint density at radius 1 is 1.28 bits per heavy atom. The molecule has 0 N–H and O–H groups in total. The molecule has 130 valence electrons. The van der Waals surface area contributed by atoms with Crippen molar-refractivity contribution in [3.8, 4) is 0 Å². The molecule has 0 saturated carbocycles. The summed E-state index contributed by atoms with van der Waals surface area (Å²) >= 11 is 0. The van der Waals surface area contributed by atoms with Crippen molar-refractivity contribution in [1.82, 2.24) is 34.0 Å². The molecule has 0 saturated heterocycles. The van der Waals surface area contributed by atoms with Gasteiger partial charge >= 0.3 is 0 Å².